The van der Waals surface area contributed by atoms with Gasteiger partial charge in [0.05, 0.1) is 31.9 Å². The molecule has 0 unspecified atom stereocenters. The molecule has 12 heteroatoms. The van der Waals surface area contributed by atoms with Gasteiger partial charge in [-0.25, -0.2) is 8.42 Å². The minimum atomic E-state index is -4.48. The highest BCUT2D eigenvalue weighted by molar-refractivity contribution is 7.92. The quantitative estimate of drug-likeness (QED) is 0.147. The second-order valence-corrected chi connectivity index (χ2v) is 14.8. The van der Waals surface area contributed by atoms with Gasteiger partial charge in [-0.05, 0) is 66.8 Å². The van der Waals surface area contributed by atoms with Crippen molar-refractivity contribution in [3.63, 3.8) is 0 Å². The standard InChI is InChI=1S/C39H44ClN3O7S/c1-27-12-8-9-15-29(27)25-42(34(22-28-13-6-5-7-14-28)39(45)41-31-16-10-11-17-31)38(44)26-43(33-23-30(40)18-20-35(33)48-2)51(46,47)32-19-21-36(49-3)37(24-32)50-4/h5-9,12-15,18-21,23-24,31,34H,10-11,16-17,22,25-26H2,1-4H3,(H,41,45)/t34-/m1/s1. The van der Waals surface area contributed by atoms with Crippen LogP contribution in [0, 0.1) is 6.92 Å². The number of nitrogens with one attached hydrogen (secondary N) is 1. The van der Waals surface area contributed by atoms with Crippen molar-refractivity contribution in [2.75, 3.05) is 32.2 Å². The molecule has 4 aromatic rings. The minimum absolute atomic E-state index is 0.00355. The molecule has 1 N–H and O–H groups in total. The lowest BCUT2D eigenvalue weighted by molar-refractivity contribution is -0.140. The van der Waals surface area contributed by atoms with Gasteiger partial charge in [0.25, 0.3) is 10.0 Å². The lowest BCUT2D eigenvalue weighted by Crippen LogP contribution is -2.54. The molecule has 1 atom stereocenters. The molecule has 5 rings (SSSR count). The number of ether oxygens (including phenoxy) is 3. The molecule has 0 aromatic heterocycles. The van der Waals surface area contributed by atoms with E-state index >= 15 is 0 Å². The van der Waals surface area contributed by atoms with Crippen molar-refractivity contribution in [2.24, 2.45) is 0 Å². The number of carbonyl (C=O) groups excluding carboxylic acids is 2. The number of halogens is 1. The zero-order chi connectivity index (χ0) is 36.5. The van der Waals surface area contributed by atoms with E-state index in [0.29, 0.717) is 5.75 Å². The summed E-state index contributed by atoms with van der Waals surface area (Å²) in [6.07, 6.45) is 3.98. The largest absolute Gasteiger partial charge is 0.495 e. The monoisotopic (exact) mass is 733 g/mol. The molecule has 51 heavy (non-hydrogen) atoms. The van der Waals surface area contributed by atoms with Crippen molar-refractivity contribution in [3.8, 4) is 17.2 Å². The summed E-state index contributed by atoms with van der Waals surface area (Å²) < 4.78 is 46.6. The van der Waals surface area contributed by atoms with Crippen LogP contribution >= 0.6 is 11.6 Å². The summed E-state index contributed by atoms with van der Waals surface area (Å²) in [6.45, 7) is 1.34. The maximum atomic E-state index is 14.9. The third-order valence-corrected chi connectivity index (χ3v) is 11.2. The summed E-state index contributed by atoms with van der Waals surface area (Å²) in [4.78, 5) is 30.5. The summed E-state index contributed by atoms with van der Waals surface area (Å²) >= 11 is 6.43. The molecule has 1 aliphatic rings. The Morgan fingerprint density at radius 3 is 2.16 bits per heavy atom. The first kappa shape index (κ1) is 37.5. The van der Waals surface area contributed by atoms with E-state index < -0.39 is 28.5 Å². The molecule has 0 bridgehead atoms. The molecule has 1 saturated carbocycles. The number of carbonyl (C=O) groups is 2. The van der Waals surface area contributed by atoms with Gasteiger partial charge in [0.15, 0.2) is 11.5 Å². The molecule has 0 radical (unpaired) electrons. The lowest BCUT2D eigenvalue weighted by Gasteiger charge is -2.35. The Balaban J connectivity index is 1.63. The summed E-state index contributed by atoms with van der Waals surface area (Å²) in [5, 5.41) is 3.43. The van der Waals surface area contributed by atoms with Crippen LogP contribution in [-0.2, 0) is 32.6 Å². The molecule has 4 aromatic carbocycles. The highest BCUT2D eigenvalue weighted by Gasteiger charge is 2.37. The van der Waals surface area contributed by atoms with Crippen LogP contribution in [0.3, 0.4) is 0 Å². The molecule has 0 saturated heterocycles. The summed E-state index contributed by atoms with van der Waals surface area (Å²) in [5.41, 5.74) is 2.67. The van der Waals surface area contributed by atoms with Crippen LogP contribution < -0.4 is 23.8 Å². The van der Waals surface area contributed by atoms with Crippen molar-refractivity contribution in [1.82, 2.24) is 10.2 Å². The third kappa shape index (κ3) is 8.95. The van der Waals surface area contributed by atoms with Crippen LogP contribution in [0.25, 0.3) is 0 Å². The Bertz CT molecular complexity index is 1930. The Kier molecular flexibility index (Phi) is 12.5. The number of benzene rings is 4. The van der Waals surface area contributed by atoms with Crippen molar-refractivity contribution in [1.29, 1.82) is 0 Å². The summed E-state index contributed by atoms with van der Waals surface area (Å²) in [6, 6.07) is 24.9. The molecule has 10 nitrogen and oxygen atoms in total. The molecule has 0 aliphatic heterocycles. The highest BCUT2D eigenvalue weighted by Crippen LogP contribution is 2.37. The molecule has 1 aliphatic carbocycles. The first-order valence-electron chi connectivity index (χ1n) is 16.8. The number of aryl methyl sites for hydroxylation is 1. The van der Waals surface area contributed by atoms with Gasteiger partial charge >= 0.3 is 0 Å². The lowest BCUT2D eigenvalue weighted by atomic mass is 10.0. The van der Waals surface area contributed by atoms with E-state index in [1.165, 1.54) is 56.6 Å². The Hall–Kier alpha value is -4.74. The molecular formula is C39H44ClN3O7S. The zero-order valence-electron chi connectivity index (χ0n) is 29.3. The summed E-state index contributed by atoms with van der Waals surface area (Å²) in [7, 11) is -0.222. The molecule has 0 heterocycles. The van der Waals surface area contributed by atoms with Gasteiger partial charge in [0.2, 0.25) is 11.8 Å². The van der Waals surface area contributed by atoms with E-state index in [-0.39, 0.29) is 52.0 Å². The first-order valence-corrected chi connectivity index (χ1v) is 18.6. The molecule has 2 amide bonds. The number of nitrogens with zero attached hydrogens (tertiary/aromatic N) is 2. The van der Waals surface area contributed by atoms with Crippen LogP contribution in [-0.4, -0.2) is 65.1 Å². The number of amides is 2. The molecule has 270 valence electrons. The van der Waals surface area contributed by atoms with E-state index in [2.05, 4.69) is 5.32 Å². The van der Waals surface area contributed by atoms with Crippen LogP contribution in [0.4, 0.5) is 5.69 Å². The van der Waals surface area contributed by atoms with Crippen LogP contribution in [0.2, 0.25) is 5.02 Å². The van der Waals surface area contributed by atoms with Crippen molar-refractivity contribution in [2.45, 2.75) is 62.6 Å². The average molecular weight is 734 g/mol. The Morgan fingerprint density at radius 1 is 0.843 bits per heavy atom. The Morgan fingerprint density at radius 2 is 1.49 bits per heavy atom. The van der Waals surface area contributed by atoms with Gasteiger partial charge in [0.1, 0.15) is 18.3 Å². The zero-order valence-corrected chi connectivity index (χ0v) is 30.9. The fourth-order valence-electron chi connectivity index (χ4n) is 6.37. The maximum absolute atomic E-state index is 14.9. The smallest absolute Gasteiger partial charge is 0.265 e. The number of hydrogen-bond donors (Lipinski definition) is 1. The van der Waals surface area contributed by atoms with Crippen molar-refractivity contribution in [3.05, 3.63) is 113 Å². The maximum Gasteiger partial charge on any atom is 0.265 e. The second-order valence-electron chi connectivity index (χ2n) is 12.5. The van der Waals surface area contributed by atoms with Crippen LogP contribution in [0.15, 0.2) is 95.9 Å². The number of sulfonamides is 1. The number of rotatable bonds is 15. The van der Waals surface area contributed by atoms with Gasteiger partial charge < -0.3 is 24.4 Å². The normalized spacial score (nSPS) is 13.7. The molecular weight excluding hydrogens is 690 g/mol. The Labute approximate surface area is 305 Å². The number of anilines is 1. The van der Waals surface area contributed by atoms with E-state index in [4.69, 9.17) is 25.8 Å². The van der Waals surface area contributed by atoms with E-state index in [0.717, 1.165) is 46.7 Å². The summed E-state index contributed by atoms with van der Waals surface area (Å²) in [5.74, 6) is -0.174. The van der Waals surface area contributed by atoms with Gasteiger partial charge in [-0.1, -0.05) is 79.0 Å². The topological polar surface area (TPSA) is 114 Å². The SMILES string of the molecule is COc1ccc(S(=O)(=O)N(CC(=O)N(Cc2ccccc2C)[C@H](Cc2ccccc2)C(=O)NC2CCCC2)c2cc(Cl)ccc2OC)cc1OC. The minimum Gasteiger partial charge on any atom is -0.495 e. The van der Waals surface area contributed by atoms with E-state index in [1.807, 2.05) is 61.5 Å². The fraction of sp³-hybridized carbons (Fsp3) is 0.333. The van der Waals surface area contributed by atoms with Crippen LogP contribution in [0.1, 0.15) is 42.4 Å². The van der Waals surface area contributed by atoms with Crippen LogP contribution in [0.5, 0.6) is 17.2 Å². The van der Waals surface area contributed by atoms with E-state index in [9.17, 15) is 18.0 Å². The number of hydrogen-bond acceptors (Lipinski definition) is 7. The fourth-order valence-corrected chi connectivity index (χ4v) is 7.97. The second kappa shape index (κ2) is 17.0. The van der Waals surface area contributed by atoms with Crippen molar-refractivity contribution < 1.29 is 32.2 Å². The van der Waals surface area contributed by atoms with Gasteiger partial charge in [-0.3, -0.25) is 13.9 Å². The van der Waals surface area contributed by atoms with Gasteiger partial charge in [0, 0.05) is 30.1 Å². The third-order valence-electron chi connectivity index (χ3n) is 9.21. The highest BCUT2D eigenvalue weighted by atomic mass is 35.5. The first-order chi connectivity index (χ1) is 24.5. The predicted octanol–water partition coefficient (Wildman–Crippen LogP) is 6.57. The average Bonchev–Trinajstić information content (AvgIpc) is 3.65. The molecule has 0 spiro atoms. The predicted molar refractivity (Wildman–Crippen MR) is 198 cm³/mol. The molecule has 1 fully saturated rings. The van der Waals surface area contributed by atoms with Gasteiger partial charge in [-0.2, -0.15) is 0 Å². The number of methoxy groups -OCH3 is 3. The van der Waals surface area contributed by atoms with Crippen molar-refractivity contribution >= 4 is 39.1 Å². The van der Waals surface area contributed by atoms with Gasteiger partial charge in [-0.15, -0.1) is 0 Å². The van der Waals surface area contributed by atoms with E-state index in [1.54, 1.807) is 6.07 Å².